The summed E-state index contributed by atoms with van der Waals surface area (Å²) in [5.74, 6) is 1.75. The van der Waals surface area contributed by atoms with Crippen LogP contribution in [0.1, 0.15) is 31.2 Å². The lowest BCUT2D eigenvalue weighted by atomic mass is 10.1. The average Bonchev–Trinajstić information content (AvgIpc) is 3.14. The molecule has 28 heavy (non-hydrogen) atoms. The minimum absolute atomic E-state index is 0. The van der Waals surface area contributed by atoms with E-state index in [4.69, 9.17) is 0 Å². The monoisotopic (exact) mass is 501 g/mol. The number of hydrogen-bond acceptors (Lipinski definition) is 5. The van der Waals surface area contributed by atoms with Crippen LogP contribution in [0.25, 0.3) is 0 Å². The fourth-order valence-electron chi connectivity index (χ4n) is 2.70. The number of aromatic nitrogens is 3. The molecule has 0 saturated heterocycles. The Morgan fingerprint density at radius 3 is 2.57 bits per heavy atom. The van der Waals surface area contributed by atoms with Gasteiger partial charge in [0.2, 0.25) is 0 Å². The lowest BCUT2D eigenvalue weighted by Gasteiger charge is -2.12. The number of nitrogens with zero attached hydrogens (tertiary/aromatic N) is 5. The molecule has 1 aromatic carbocycles. The third-order valence-electron chi connectivity index (χ3n) is 4.21. The van der Waals surface area contributed by atoms with Gasteiger partial charge >= 0.3 is 0 Å². The summed E-state index contributed by atoms with van der Waals surface area (Å²) >= 11 is 0. The van der Waals surface area contributed by atoms with Crippen molar-refractivity contribution in [1.29, 1.82) is 0 Å². The highest BCUT2D eigenvalue weighted by Crippen LogP contribution is 2.13. The second-order valence-corrected chi connectivity index (χ2v) is 6.10. The fraction of sp³-hybridized carbons (Fsp3) is 0.500. The molecule has 0 saturated carbocycles. The van der Waals surface area contributed by atoms with Gasteiger partial charge in [-0.05, 0) is 24.8 Å². The molecule has 1 aromatic heterocycles. The van der Waals surface area contributed by atoms with Gasteiger partial charge in [0, 0.05) is 45.2 Å². The maximum absolute atomic E-state index is 10.7. The molecule has 0 amide bonds. The molecule has 0 radical (unpaired) electrons. The van der Waals surface area contributed by atoms with Crippen LogP contribution in [-0.4, -0.2) is 45.8 Å². The fourth-order valence-corrected chi connectivity index (χ4v) is 2.70. The minimum Gasteiger partial charge on any atom is -0.356 e. The zero-order valence-electron chi connectivity index (χ0n) is 16.3. The van der Waals surface area contributed by atoms with Gasteiger partial charge in [0.05, 0.1) is 4.92 Å². The van der Waals surface area contributed by atoms with E-state index in [1.807, 2.05) is 16.7 Å². The van der Waals surface area contributed by atoms with Crippen LogP contribution in [-0.2, 0) is 19.4 Å². The smallest absolute Gasteiger partial charge is 0.269 e. The number of non-ortho nitro benzene ring substituents is 1. The molecule has 0 atom stereocenters. The van der Waals surface area contributed by atoms with Crippen molar-refractivity contribution >= 4 is 35.6 Å². The Balaban J connectivity index is 0.00000392. The first-order valence-electron chi connectivity index (χ1n) is 9.18. The Morgan fingerprint density at radius 2 is 1.93 bits per heavy atom. The maximum atomic E-state index is 10.7. The maximum Gasteiger partial charge on any atom is 0.269 e. The van der Waals surface area contributed by atoms with Crippen molar-refractivity contribution in [3.05, 3.63) is 52.1 Å². The van der Waals surface area contributed by atoms with Gasteiger partial charge < -0.3 is 15.2 Å². The Bertz CT molecular complexity index is 747. The van der Waals surface area contributed by atoms with E-state index in [2.05, 4.69) is 32.7 Å². The Hall–Kier alpha value is -2.24. The van der Waals surface area contributed by atoms with Crippen molar-refractivity contribution in [2.24, 2.45) is 4.99 Å². The summed E-state index contributed by atoms with van der Waals surface area (Å²) in [6.07, 6.45) is 5.50. The highest BCUT2D eigenvalue weighted by atomic mass is 127. The Morgan fingerprint density at radius 1 is 1.21 bits per heavy atom. The lowest BCUT2D eigenvalue weighted by molar-refractivity contribution is -0.384. The van der Waals surface area contributed by atoms with E-state index in [1.54, 1.807) is 25.5 Å². The summed E-state index contributed by atoms with van der Waals surface area (Å²) in [7, 11) is 1.75. The summed E-state index contributed by atoms with van der Waals surface area (Å²) in [6.45, 7) is 4.41. The number of benzene rings is 1. The van der Waals surface area contributed by atoms with E-state index in [9.17, 15) is 10.1 Å². The van der Waals surface area contributed by atoms with Gasteiger partial charge in [0.1, 0.15) is 12.2 Å². The van der Waals surface area contributed by atoms with Gasteiger partial charge in [0.25, 0.3) is 5.69 Å². The van der Waals surface area contributed by atoms with Crippen molar-refractivity contribution in [3.8, 4) is 0 Å². The van der Waals surface area contributed by atoms with Gasteiger partial charge in [-0.25, -0.2) is 0 Å². The van der Waals surface area contributed by atoms with Crippen LogP contribution in [0.15, 0.2) is 35.6 Å². The molecule has 0 aliphatic carbocycles. The van der Waals surface area contributed by atoms with Gasteiger partial charge in [0.15, 0.2) is 5.96 Å². The van der Waals surface area contributed by atoms with Gasteiger partial charge in [-0.3, -0.25) is 15.1 Å². The van der Waals surface area contributed by atoms with Gasteiger partial charge in [-0.2, -0.15) is 0 Å². The summed E-state index contributed by atoms with van der Waals surface area (Å²) in [5, 5.41) is 25.2. The van der Waals surface area contributed by atoms with Crippen LogP contribution in [0, 0.1) is 10.1 Å². The average molecular weight is 501 g/mol. The van der Waals surface area contributed by atoms with Crippen LogP contribution in [0.2, 0.25) is 0 Å². The van der Waals surface area contributed by atoms with Crippen LogP contribution in [0.4, 0.5) is 5.69 Å². The number of nitro benzene ring substituents is 1. The third-order valence-corrected chi connectivity index (χ3v) is 4.21. The predicted molar refractivity (Wildman–Crippen MR) is 120 cm³/mol. The van der Waals surface area contributed by atoms with E-state index in [1.165, 1.54) is 0 Å². The molecule has 10 heteroatoms. The molecule has 2 N–H and O–H groups in total. The number of guanidine groups is 1. The first-order valence-corrected chi connectivity index (χ1v) is 9.18. The summed E-state index contributed by atoms with van der Waals surface area (Å²) in [6, 6.07) is 6.75. The van der Waals surface area contributed by atoms with Crippen molar-refractivity contribution in [1.82, 2.24) is 25.4 Å². The molecule has 2 aromatic rings. The molecule has 0 aliphatic rings. The SMILES string of the molecule is CCc1nncn1CCNC(=NC)NCCCCc1ccc([N+](=O)[O-])cc1.I. The number of unbranched alkanes of at least 4 members (excludes halogenated alkanes) is 1. The first kappa shape index (κ1) is 23.8. The highest BCUT2D eigenvalue weighted by Gasteiger charge is 2.04. The zero-order valence-corrected chi connectivity index (χ0v) is 18.6. The minimum atomic E-state index is -0.376. The summed E-state index contributed by atoms with van der Waals surface area (Å²) in [5.41, 5.74) is 1.25. The van der Waals surface area contributed by atoms with Crippen LogP contribution in [0.3, 0.4) is 0 Å². The quantitative estimate of drug-likeness (QED) is 0.129. The zero-order chi connectivity index (χ0) is 19.5. The molecule has 154 valence electrons. The molecule has 0 aliphatic heterocycles. The largest absolute Gasteiger partial charge is 0.356 e. The number of aliphatic imine (C=N–C) groups is 1. The molecule has 2 rings (SSSR count). The van der Waals surface area contributed by atoms with E-state index in [0.29, 0.717) is 0 Å². The van der Waals surface area contributed by atoms with E-state index in [0.717, 1.165) is 62.7 Å². The molecular weight excluding hydrogens is 473 g/mol. The number of aryl methyl sites for hydroxylation is 2. The van der Waals surface area contributed by atoms with E-state index < -0.39 is 0 Å². The van der Waals surface area contributed by atoms with Gasteiger partial charge in [-0.15, -0.1) is 34.2 Å². The molecule has 0 bridgehead atoms. The van der Waals surface area contributed by atoms with Crippen molar-refractivity contribution in [2.75, 3.05) is 20.1 Å². The second-order valence-electron chi connectivity index (χ2n) is 6.10. The molecule has 9 nitrogen and oxygen atoms in total. The topological polar surface area (TPSA) is 110 Å². The molecule has 0 spiro atoms. The van der Waals surface area contributed by atoms with Crippen molar-refractivity contribution in [3.63, 3.8) is 0 Å². The number of halogens is 1. The standard InChI is InChI=1S/C18H27N7O2.HI/c1-3-17-23-22-14-24(17)13-12-21-18(19-2)20-11-5-4-6-15-7-9-16(10-8-15)25(26)27;/h7-10,14H,3-6,11-13H2,1-2H3,(H2,19,20,21);1H. The van der Waals surface area contributed by atoms with Crippen LogP contribution < -0.4 is 10.6 Å². The van der Waals surface area contributed by atoms with Crippen molar-refractivity contribution in [2.45, 2.75) is 39.2 Å². The van der Waals surface area contributed by atoms with E-state index in [-0.39, 0.29) is 34.6 Å². The highest BCUT2D eigenvalue weighted by molar-refractivity contribution is 14.0. The normalized spacial score (nSPS) is 11.0. The Kier molecular flexibility index (Phi) is 11.1. The second kappa shape index (κ2) is 13.0. The summed E-state index contributed by atoms with van der Waals surface area (Å²) in [4.78, 5) is 14.5. The van der Waals surface area contributed by atoms with E-state index >= 15 is 0 Å². The number of hydrogen-bond donors (Lipinski definition) is 2. The summed E-state index contributed by atoms with van der Waals surface area (Å²) < 4.78 is 2.03. The molecular formula is C18H28IN7O2. The van der Waals surface area contributed by atoms with Crippen LogP contribution >= 0.6 is 24.0 Å². The third kappa shape index (κ3) is 7.79. The number of rotatable bonds is 10. The molecule has 1 heterocycles. The van der Waals surface area contributed by atoms with Crippen molar-refractivity contribution < 1.29 is 4.92 Å². The Labute approximate surface area is 182 Å². The van der Waals surface area contributed by atoms with Gasteiger partial charge in [-0.1, -0.05) is 19.1 Å². The predicted octanol–water partition coefficient (Wildman–Crippen LogP) is 2.55. The molecule has 0 unspecified atom stereocenters. The number of nitro groups is 1. The number of nitrogens with one attached hydrogen (secondary N) is 2. The van der Waals surface area contributed by atoms with Crippen LogP contribution in [0.5, 0.6) is 0 Å². The molecule has 0 fully saturated rings. The first-order chi connectivity index (χ1) is 13.1. The lowest BCUT2D eigenvalue weighted by Crippen LogP contribution is -2.39.